The van der Waals surface area contributed by atoms with E-state index in [1.54, 1.807) is 13.1 Å². The van der Waals surface area contributed by atoms with Gasteiger partial charge in [0, 0.05) is 17.8 Å². The molecule has 5 N–H and O–H groups in total. The Kier molecular flexibility index (Phi) is 6.38. The molecule has 0 saturated carbocycles. The van der Waals surface area contributed by atoms with Crippen LogP contribution in [0.5, 0.6) is 0 Å². The van der Waals surface area contributed by atoms with Gasteiger partial charge in [-0.2, -0.15) is 4.99 Å². The number of guanidine groups is 2. The van der Waals surface area contributed by atoms with Crippen molar-refractivity contribution < 1.29 is 0 Å². The van der Waals surface area contributed by atoms with E-state index in [1.165, 1.54) is 0 Å². The van der Waals surface area contributed by atoms with Crippen molar-refractivity contribution in [1.82, 2.24) is 0 Å². The number of hydrogen-bond donors (Lipinski definition) is 3. The van der Waals surface area contributed by atoms with E-state index in [2.05, 4.69) is 15.3 Å². The zero-order valence-electron chi connectivity index (χ0n) is 9.57. The molecule has 0 aliphatic carbocycles. The first kappa shape index (κ1) is 15.5. The van der Waals surface area contributed by atoms with Crippen molar-refractivity contribution in [2.45, 2.75) is 6.92 Å². The summed E-state index contributed by atoms with van der Waals surface area (Å²) in [6.45, 7) is 1.92. The molecule has 7 heteroatoms. The number of nitrogens with one attached hydrogen (secondary N) is 1. The molecule has 1 rings (SSSR count). The summed E-state index contributed by atoms with van der Waals surface area (Å²) in [5, 5.41) is 3.59. The summed E-state index contributed by atoms with van der Waals surface area (Å²) < 4.78 is 0. The minimum absolute atomic E-state index is 0. The summed E-state index contributed by atoms with van der Waals surface area (Å²) in [7, 11) is 1.54. The van der Waals surface area contributed by atoms with Gasteiger partial charge in [-0.1, -0.05) is 11.6 Å². The molecule has 0 amide bonds. The van der Waals surface area contributed by atoms with Gasteiger partial charge in [0.15, 0.2) is 0 Å². The SMILES string of the molecule is CN=C(N)/N=C(\N)Nc1ccc(Cl)cc1C.Cl. The Morgan fingerprint density at radius 3 is 2.53 bits per heavy atom. The van der Waals surface area contributed by atoms with Gasteiger partial charge >= 0.3 is 0 Å². The third-order valence-corrected chi connectivity index (χ3v) is 2.15. The second kappa shape index (κ2) is 6.98. The number of halogens is 2. The van der Waals surface area contributed by atoms with Crippen LogP contribution in [0.15, 0.2) is 28.2 Å². The summed E-state index contributed by atoms with van der Waals surface area (Å²) in [6.07, 6.45) is 0. The van der Waals surface area contributed by atoms with Gasteiger partial charge in [-0.05, 0) is 30.7 Å². The minimum atomic E-state index is 0. The quantitative estimate of drug-likeness (QED) is 0.539. The average molecular weight is 276 g/mol. The van der Waals surface area contributed by atoms with Gasteiger partial charge in [-0.15, -0.1) is 12.4 Å². The van der Waals surface area contributed by atoms with E-state index in [9.17, 15) is 0 Å². The molecule has 0 unspecified atom stereocenters. The zero-order chi connectivity index (χ0) is 12.1. The van der Waals surface area contributed by atoms with Gasteiger partial charge < -0.3 is 16.8 Å². The maximum atomic E-state index is 5.83. The first-order valence-corrected chi connectivity index (χ1v) is 5.00. The molecule has 0 atom stereocenters. The van der Waals surface area contributed by atoms with Gasteiger partial charge in [-0.25, -0.2) is 0 Å². The highest BCUT2D eigenvalue weighted by Crippen LogP contribution is 2.19. The number of nitrogens with zero attached hydrogens (tertiary/aromatic N) is 2. The number of nitrogens with two attached hydrogens (primary N) is 2. The number of anilines is 1. The highest BCUT2D eigenvalue weighted by molar-refractivity contribution is 6.30. The fourth-order valence-corrected chi connectivity index (χ4v) is 1.33. The molecule has 94 valence electrons. The molecule has 0 spiro atoms. The smallest absolute Gasteiger partial charge is 0.218 e. The van der Waals surface area contributed by atoms with Crippen LogP contribution >= 0.6 is 24.0 Å². The number of aliphatic imine (C=N–C) groups is 2. The molecule has 5 nitrogen and oxygen atoms in total. The van der Waals surface area contributed by atoms with Crippen molar-refractivity contribution in [2.24, 2.45) is 21.5 Å². The van der Waals surface area contributed by atoms with E-state index in [1.807, 2.05) is 19.1 Å². The predicted octanol–water partition coefficient (Wildman–Crippen LogP) is 1.74. The molecule has 0 fully saturated rings. The molecule has 1 aromatic carbocycles. The third kappa shape index (κ3) is 4.93. The van der Waals surface area contributed by atoms with Gasteiger partial charge in [-0.3, -0.25) is 4.99 Å². The Morgan fingerprint density at radius 1 is 1.35 bits per heavy atom. The number of benzene rings is 1. The largest absolute Gasteiger partial charge is 0.369 e. The standard InChI is InChI=1S/C10H14ClN5.ClH/c1-6-5-7(11)3-4-8(6)15-10(13)16-9(12)14-2;/h3-5H,1-2H3,(H5,12,13,14,15,16);1H. The number of hydrogen-bond acceptors (Lipinski definition) is 1. The Hall–Kier alpha value is -1.46. The molecule has 0 heterocycles. The molecule has 0 aliphatic heterocycles. The van der Waals surface area contributed by atoms with Crippen molar-refractivity contribution in [1.29, 1.82) is 0 Å². The minimum Gasteiger partial charge on any atom is -0.369 e. The monoisotopic (exact) mass is 275 g/mol. The van der Waals surface area contributed by atoms with Gasteiger partial charge in [0.05, 0.1) is 0 Å². The molecule has 0 bridgehead atoms. The van der Waals surface area contributed by atoms with Crippen LogP contribution in [0.4, 0.5) is 5.69 Å². The van der Waals surface area contributed by atoms with E-state index in [-0.39, 0.29) is 24.3 Å². The first-order chi connectivity index (χ1) is 7.52. The Labute approximate surface area is 111 Å². The molecule has 0 saturated heterocycles. The molecule has 17 heavy (non-hydrogen) atoms. The van der Waals surface area contributed by atoms with Crippen molar-refractivity contribution in [3.8, 4) is 0 Å². The second-order valence-electron chi connectivity index (χ2n) is 3.16. The highest BCUT2D eigenvalue weighted by Gasteiger charge is 2.00. The summed E-state index contributed by atoms with van der Waals surface area (Å²) >= 11 is 5.83. The lowest BCUT2D eigenvalue weighted by Gasteiger charge is -2.08. The van der Waals surface area contributed by atoms with E-state index in [4.69, 9.17) is 23.1 Å². The fourth-order valence-electron chi connectivity index (χ4n) is 1.11. The normalized spacial score (nSPS) is 11.9. The lowest BCUT2D eigenvalue weighted by molar-refractivity contribution is 1.34. The first-order valence-electron chi connectivity index (χ1n) is 4.62. The molecule has 0 aromatic heterocycles. The van der Waals surface area contributed by atoms with Crippen LogP contribution in [-0.4, -0.2) is 19.0 Å². The average Bonchev–Trinajstić information content (AvgIpc) is 2.22. The van der Waals surface area contributed by atoms with E-state index >= 15 is 0 Å². The summed E-state index contributed by atoms with van der Waals surface area (Å²) in [6, 6.07) is 5.41. The molecule has 1 aromatic rings. The van der Waals surface area contributed by atoms with E-state index in [0.717, 1.165) is 11.3 Å². The van der Waals surface area contributed by atoms with E-state index < -0.39 is 0 Å². The summed E-state index contributed by atoms with van der Waals surface area (Å²) in [5.41, 5.74) is 12.8. The van der Waals surface area contributed by atoms with Crippen molar-refractivity contribution >= 4 is 41.6 Å². The summed E-state index contributed by atoms with van der Waals surface area (Å²) in [4.78, 5) is 7.50. The van der Waals surface area contributed by atoms with Crippen molar-refractivity contribution in [3.63, 3.8) is 0 Å². The van der Waals surface area contributed by atoms with Crippen LogP contribution in [0.2, 0.25) is 5.02 Å². The zero-order valence-corrected chi connectivity index (χ0v) is 11.1. The van der Waals surface area contributed by atoms with Crippen LogP contribution in [0.25, 0.3) is 0 Å². The van der Waals surface area contributed by atoms with Crippen molar-refractivity contribution in [3.05, 3.63) is 28.8 Å². The number of aryl methyl sites for hydroxylation is 1. The Morgan fingerprint density at radius 2 is 2.00 bits per heavy atom. The second-order valence-corrected chi connectivity index (χ2v) is 3.60. The molecule has 0 radical (unpaired) electrons. The van der Waals surface area contributed by atoms with Crippen LogP contribution in [0.1, 0.15) is 5.56 Å². The van der Waals surface area contributed by atoms with Gasteiger partial charge in [0.2, 0.25) is 11.9 Å². The molecular formula is C10H15Cl2N5. The maximum Gasteiger partial charge on any atom is 0.218 e. The van der Waals surface area contributed by atoms with Gasteiger partial charge in [0.1, 0.15) is 0 Å². The summed E-state index contributed by atoms with van der Waals surface area (Å²) in [5.74, 6) is 0.310. The predicted molar refractivity (Wildman–Crippen MR) is 76.2 cm³/mol. The third-order valence-electron chi connectivity index (χ3n) is 1.92. The lowest BCUT2D eigenvalue weighted by Crippen LogP contribution is -2.26. The van der Waals surface area contributed by atoms with Crippen LogP contribution in [-0.2, 0) is 0 Å². The lowest BCUT2D eigenvalue weighted by atomic mass is 10.2. The van der Waals surface area contributed by atoms with E-state index in [0.29, 0.717) is 5.02 Å². The topological polar surface area (TPSA) is 88.8 Å². The van der Waals surface area contributed by atoms with Crippen LogP contribution < -0.4 is 16.8 Å². The highest BCUT2D eigenvalue weighted by atomic mass is 35.5. The fraction of sp³-hybridized carbons (Fsp3) is 0.200. The Balaban J connectivity index is 0.00000256. The molecular weight excluding hydrogens is 261 g/mol. The van der Waals surface area contributed by atoms with Crippen molar-refractivity contribution in [2.75, 3.05) is 12.4 Å². The maximum absolute atomic E-state index is 5.83. The van der Waals surface area contributed by atoms with Gasteiger partial charge in [0.25, 0.3) is 0 Å². The number of rotatable bonds is 1. The molecule has 0 aliphatic rings. The Bertz CT molecular complexity index is 442. The van der Waals surface area contributed by atoms with Crippen LogP contribution in [0.3, 0.4) is 0 Å². The van der Waals surface area contributed by atoms with Crippen LogP contribution in [0, 0.1) is 6.92 Å².